The van der Waals surface area contributed by atoms with Crippen molar-refractivity contribution in [3.63, 3.8) is 0 Å². The SMILES string of the molecule is C/C(=N\OCCCc1ccccc1)c1ccccc1.NC1(CO)CCCC1. The summed E-state index contributed by atoms with van der Waals surface area (Å²) in [5.41, 5.74) is 8.86. The van der Waals surface area contributed by atoms with E-state index in [0.717, 1.165) is 37.0 Å². The molecule has 1 saturated carbocycles. The number of nitrogens with two attached hydrogens (primary N) is 1. The van der Waals surface area contributed by atoms with Crippen molar-refractivity contribution in [2.45, 2.75) is 51.0 Å². The van der Waals surface area contributed by atoms with Crippen LogP contribution in [0.2, 0.25) is 0 Å². The van der Waals surface area contributed by atoms with E-state index < -0.39 is 0 Å². The average Bonchev–Trinajstić information content (AvgIpc) is 3.17. The molecule has 0 spiro atoms. The maximum Gasteiger partial charge on any atom is 0.117 e. The quantitative estimate of drug-likeness (QED) is 0.435. The highest BCUT2D eigenvalue weighted by atomic mass is 16.6. The van der Waals surface area contributed by atoms with Gasteiger partial charge in [0.2, 0.25) is 0 Å². The number of aliphatic hydroxyl groups excluding tert-OH is 1. The molecule has 3 rings (SSSR count). The summed E-state index contributed by atoms with van der Waals surface area (Å²) in [6, 6.07) is 20.5. The van der Waals surface area contributed by atoms with Crippen LogP contribution >= 0.6 is 0 Å². The highest BCUT2D eigenvalue weighted by Crippen LogP contribution is 2.25. The Morgan fingerprint density at radius 1 is 1.04 bits per heavy atom. The molecule has 1 aliphatic rings. The van der Waals surface area contributed by atoms with Gasteiger partial charge >= 0.3 is 0 Å². The Morgan fingerprint density at radius 3 is 2.19 bits per heavy atom. The first-order valence-electron chi connectivity index (χ1n) is 9.79. The molecule has 0 radical (unpaired) electrons. The minimum absolute atomic E-state index is 0.160. The van der Waals surface area contributed by atoms with Gasteiger partial charge in [-0.15, -0.1) is 0 Å². The van der Waals surface area contributed by atoms with Crippen LogP contribution in [-0.4, -0.2) is 29.6 Å². The van der Waals surface area contributed by atoms with Gasteiger partial charge in [-0.05, 0) is 43.7 Å². The Morgan fingerprint density at radius 2 is 1.63 bits per heavy atom. The monoisotopic (exact) mass is 368 g/mol. The summed E-state index contributed by atoms with van der Waals surface area (Å²) < 4.78 is 0. The van der Waals surface area contributed by atoms with Crippen LogP contribution in [0, 0.1) is 0 Å². The van der Waals surface area contributed by atoms with E-state index in [1.165, 1.54) is 18.4 Å². The van der Waals surface area contributed by atoms with Crippen molar-refractivity contribution in [1.82, 2.24) is 0 Å². The number of oxime groups is 1. The summed E-state index contributed by atoms with van der Waals surface area (Å²) in [5.74, 6) is 0. The molecule has 0 unspecified atom stereocenters. The van der Waals surface area contributed by atoms with Crippen molar-refractivity contribution in [1.29, 1.82) is 0 Å². The van der Waals surface area contributed by atoms with Crippen LogP contribution in [-0.2, 0) is 11.3 Å². The molecule has 0 aromatic heterocycles. The number of aliphatic hydroxyl groups is 1. The molecule has 2 aromatic carbocycles. The molecular weight excluding hydrogens is 336 g/mol. The zero-order valence-corrected chi connectivity index (χ0v) is 16.3. The first-order chi connectivity index (χ1) is 13.1. The number of hydrogen-bond donors (Lipinski definition) is 2. The van der Waals surface area contributed by atoms with Crippen molar-refractivity contribution < 1.29 is 9.94 Å². The third-order valence-electron chi connectivity index (χ3n) is 4.85. The van der Waals surface area contributed by atoms with E-state index in [0.29, 0.717) is 6.61 Å². The smallest absolute Gasteiger partial charge is 0.117 e. The molecule has 0 bridgehead atoms. The van der Waals surface area contributed by atoms with Crippen molar-refractivity contribution in [3.8, 4) is 0 Å². The lowest BCUT2D eigenvalue weighted by Gasteiger charge is -2.18. The second-order valence-corrected chi connectivity index (χ2v) is 7.19. The third-order valence-corrected chi connectivity index (χ3v) is 4.85. The Kier molecular flexibility index (Phi) is 9.02. The molecule has 4 heteroatoms. The molecule has 0 saturated heterocycles. The summed E-state index contributed by atoms with van der Waals surface area (Å²) in [6.07, 6.45) is 6.40. The zero-order chi connectivity index (χ0) is 19.4. The maximum absolute atomic E-state index is 8.70. The molecule has 27 heavy (non-hydrogen) atoms. The van der Waals surface area contributed by atoms with E-state index >= 15 is 0 Å². The van der Waals surface area contributed by atoms with Crippen molar-refractivity contribution >= 4 is 5.71 Å². The van der Waals surface area contributed by atoms with Crippen molar-refractivity contribution in [2.75, 3.05) is 13.2 Å². The van der Waals surface area contributed by atoms with Crippen LogP contribution in [0.25, 0.3) is 0 Å². The Labute approximate surface area is 163 Å². The van der Waals surface area contributed by atoms with Crippen LogP contribution < -0.4 is 5.73 Å². The molecule has 0 amide bonds. The number of benzene rings is 2. The van der Waals surface area contributed by atoms with Crippen LogP contribution in [0.1, 0.15) is 50.2 Å². The van der Waals surface area contributed by atoms with Crippen molar-refractivity contribution in [2.24, 2.45) is 10.9 Å². The minimum atomic E-state index is -0.208. The average molecular weight is 369 g/mol. The van der Waals surface area contributed by atoms with E-state index in [1.807, 2.05) is 43.3 Å². The lowest BCUT2D eigenvalue weighted by molar-refractivity contribution is 0.142. The zero-order valence-electron chi connectivity index (χ0n) is 16.3. The Hall–Kier alpha value is -2.17. The Balaban J connectivity index is 0.000000273. The number of nitrogens with zero attached hydrogens (tertiary/aromatic N) is 1. The normalized spacial score (nSPS) is 15.7. The minimum Gasteiger partial charge on any atom is -0.396 e. The molecule has 0 heterocycles. The second kappa shape index (κ2) is 11.5. The molecule has 1 aliphatic carbocycles. The molecular formula is C23H32N2O2. The molecule has 0 atom stereocenters. The highest BCUT2D eigenvalue weighted by molar-refractivity contribution is 5.98. The first-order valence-corrected chi connectivity index (χ1v) is 9.79. The predicted octanol–water partition coefficient (Wildman–Crippen LogP) is 4.31. The predicted molar refractivity (Wildman–Crippen MR) is 112 cm³/mol. The number of aryl methyl sites for hydroxylation is 1. The maximum atomic E-state index is 8.70. The van der Waals surface area contributed by atoms with Crippen LogP contribution in [0.3, 0.4) is 0 Å². The fourth-order valence-electron chi connectivity index (χ4n) is 3.10. The Bertz CT molecular complexity index is 665. The van der Waals surface area contributed by atoms with Crippen LogP contribution in [0.4, 0.5) is 0 Å². The molecule has 1 fully saturated rings. The molecule has 0 aliphatic heterocycles. The second-order valence-electron chi connectivity index (χ2n) is 7.19. The van der Waals surface area contributed by atoms with Gasteiger partial charge in [-0.2, -0.15) is 0 Å². The fourth-order valence-corrected chi connectivity index (χ4v) is 3.10. The van der Waals surface area contributed by atoms with Gasteiger partial charge in [0.25, 0.3) is 0 Å². The van der Waals surface area contributed by atoms with E-state index in [2.05, 4.69) is 29.4 Å². The topological polar surface area (TPSA) is 67.8 Å². The van der Waals surface area contributed by atoms with Gasteiger partial charge in [0.15, 0.2) is 0 Å². The van der Waals surface area contributed by atoms with Gasteiger partial charge in [-0.25, -0.2) is 0 Å². The first kappa shape index (κ1) is 21.1. The van der Waals surface area contributed by atoms with E-state index in [1.54, 1.807) is 0 Å². The molecule has 146 valence electrons. The molecule has 3 N–H and O–H groups in total. The summed E-state index contributed by atoms with van der Waals surface area (Å²) in [7, 11) is 0. The van der Waals surface area contributed by atoms with Gasteiger partial charge in [0, 0.05) is 5.54 Å². The standard InChI is InChI=1S/C17H19NO.C6H13NO/c1-15(17-12-6-3-7-13-17)18-19-14-8-11-16-9-4-2-5-10-16;7-6(5-8)3-1-2-4-6/h2-7,9-10,12-13H,8,11,14H2,1H3;8H,1-5,7H2/b18-15+;. The summed E-state index contributed by atoms with van der Waals surface area (Å²) in [4.78, 5) is 5.36. The van der Waals surface area contributed by atoms with Gasteiger partial charge in [-0.1, -0.05) is 78.7 Å². The van der Waals surface area contributed by atoms with Gasteiger partial charge in [0.05, 0.1) is 12.3 Å². The van der Waals surface area contributed by atoms with Gasteiger partial charge < -0.3 is 15.7 Å². The van der Waals surface area contributed by atoms with Crippen LogP contribution in [0.15, 0.2) is 65.8 Å². The fraction of sp³-hybridized carbons (Fsp3) is 0.435. The summed E-state index contributed by atoms with van der Waals surface area (Å²) in [6.45, 7) is 2.78. The largest absolute Gasteiger partial charge is 0.396 e. The van der Waals surface area contributed by atoms with E-state index in [9.17, 15) is 0 Å². The van der Waals surface area contributed by atoms with E-state index in [-0.39, 0.29) is 12.1 Å². The van der Waals surface area contributed by atoms with Gasteiger partial charge in [-0.3, -0.25) is 0 Å². The van der Waals surface area contributed by atoms with Crippen LogP contribution in [0.5, 0.6) is 0 Å². The van der Waals surface area contributed by atoms with E-state index in [4.69, 9.17) is 15.7 Å². The van der Waals surface area contributed by atoms with Crippen molar-refractivity contribution in [3.05, 3.63) is 71.8 Å². The molecule has 2 aromatic rings. The number of rotatable bonds is 7. The summed E-state index contributed by atoms with van der Waals surface area (Å²) >= 11 is 0. The molecule has 4 nitrogen and oxygen atoms in total. The lowest BCUT2D eigenvalue weighted by atomic mass is 10.0. The third kappa shape index (κ3) is 7.94. The summed E-state index contributed by atoms with van der Waals surface area (Å²) in [5, 5.41) is 12.8. The highest BCUT2D eigenvalue weighted by Gasteiger charge is 2.27. The van der Waals surface area contributed by atoms with Gasteiger partial charge in [0.1, 0.15) is 6.61 Å². The number of hydrogen-bond acceptors (Lipinski definition) is 4. The lowest BCUT2D eigenvalue weighted by Crippen LogP contribution is -2.40.